The number of nitriles is 1. The fourth-order valence-corrected chi connectivity index (χ4v) is 5.53. The molecule has 4 rings (SSSR count). The topological polar surface area (TPSA) is 113 Å². The van der Waals surface area contributed by atoms with Crippen LogP contribution in [0, 0.1) is 11.3 Å². The van der Waals surface area contributed by atoms with Crippen molar-refractivity contribution in [3.8, 4) is 6.07 Å². The molecule has 242 valence electrons. The predicted molar refractivity (Wildman–Crippen MR) is 167 cm³/mol. The van der Waals surface area contributed by atoms with Gasteiger partial charge in [0.05, 0.1) is 11.6 Å². The van der Waals surface area contributed by atoms with Gasteiger partial charge in [-0.1, -0.05) is 18.2 Å². The molecule has 1 unspecified atom stereocenters. The molecule has 3 aliphatic rings. The average Bonchev–Trinajstić information content (AvgIpc) is 3.12. The number of carbonyl (C=O) groups is 2. The van der Waals surface area contributed by atoms with Gasteiger partial charge in [-0.15, -0.1) is 8.78 Å². The minimum Gasteiger partial charge on any atom is -0.477 e. The molecule has 10 nitrogen and oxygen atoms in total. The molecule has 46 heavy (non-hydrogen) atoms. The Bertz CT molecular complexity index is 1630. The number of carbonyl (C=O) groups excluding carboxylic acids is 1. The molecule has 0 bridgehead atoms. The summed E-state index contributed by atoms with van der Waals surface area (Å²) >= 11 is 5.19. The maximum absolute atomic E-state index is 16.2. The van der Waals surface area contributed by atoms with E-state index in [1.54, 1.807) is 48.2 Å². The smallest absolute Gasteiger partial charge is 0.477 e. The Hall–Kier alpha value is -4.80. The Balaban J connectivity index is 1.79. The summed E-state index contributed by atoms with van der Waals surface area (Å²) in [6.07, 6.45) is 6.33. The highest BCUT2D eigenvalue weighted by Gasteiger charge is 2.41. The van der Waals surface area contributed by atoms with Gasteiger partial charge in [0.15, 0.2) is 17.4 Å². The van der Waals surface area contributed by atoms with Gasteiger partial charge in [0, 0.05) is 61.8 Å². The second kappa shape index (κ2) is 14.1. The number of allylic oxidation sites excluding steroid dienone is 5. The number of aliphatic carboxylic acids is 1. The molecule has 1 saturated heterocycles. The van der Waals surface area contributed by atoms with Gasteiger partial charge in [0.2, 0.25) is 0 Å². The average molecular weight is 657 g/mol. The molecular formula is C32H32ClF3N6O4. The van der Waals surface area contributed by atoms with Gasteiger partial charge in [-0.2, -0.15) is 5.26 Å². The number of alkyl halides is 3. The van der Waals surface area contributed by atoms with Crippen molar-refractivity contribution < 1.29 is 32.6 Å². The van der Waals surface area contributed by atoms with Crippen molar-refractivity contribution >= 4 is 35.8 Å². The largest absolute Gasteiger partial charge is 0.487 e. The molecule has 0 aromatic heterocycles. The first-order valence-corrected chi connectivity index (χ1v) is 14.5. The van der Waals surface area contributed by atoms with E-state index in [9.17, 15) is 28.7 Å². The maximum atomic E-state index is 16.2. The number of ketones is 1. The van der Waals surface area contributed by atoms with Crippen molar-refractivity contribution in [2.45, 2.75) is 25.1 Å². The molecule has 1 N–H and O–H groups in total. The summed E-state index contributed by atoms with van der Waals surface area (Å²) in [5, 5.41) is 19.4. The van der Waals surface area contributed by atoms with E-state index in [4.69, 9.17) is 16.3 Å². The van der Waals surface area contributed by atoms with Crippen molar-refractivity contribution in [1.29, 1.82) is 5.26 Å². The first kappa shape index (κ1) is 34.1. The number of halogens is 4. The van der Waals surface area contributed by atoms with Gasteiger partial charge in [-0.05, 0) is 63.7 Å². The molecule has 1 aromatic rings. The number of fused-ring (bicyclic) bond motifs is 1. The van der Waals surface area contributed by atoms with Crippen LogP contribution in [-0.4, -0.2) is 90.2 Å². The van der Waals surface area contributed by atoms with Crippen LogP contribution in [0.25, 0.3) is 0 Å². The van der Waals surface area contributed by atoms with E-state index >= 15 is 4.39 Å². The lowest BCUT2D eigenvalue weighted by Gasteiger charge is -2.39. The number of nitrogens with zero attached hydrogens (tertiary/aromatic N) is 6. The van der Waals surface area contributed by atoms with Gasteiger partial charge in [0.1, 0.15) is 23.2 Å². The number of carboxylic acids is 1. The van der Waals surface area contributed by atoms with Crippen LogP contribution >= 0.6 is 11.6 Å². The summed E-state index contributed by atoms with van der Waals surface area (Å²) in [5.41, 5.74) is -3.95. The number of carboxylic acid groups (broad SMARTS) is 1. The Labute approximate surface area is 269 Å². The summed E-state index contributed by atoms with van der Waals surface area (Å²) < 4.78 is 49.5. The fourth-order valence-electron chi connectivity index (χ4n) is 5.45. The number of hydrogen-bond donors (Lipinski definition) is 1. The van der Waals surface area contributed by atoms with Gasteiger partial charge in [0.25, 0.3) is 0 Å². The van der Waals surface area contributed by atoms with Crippen molar-refractivity contribution in [3.63, 3.8) is 0 Å². The number of benzene rings is 1. The van der Waals surface area contributed by atoms with Gasteiger partial charge in [-0.25, -0.2) is 14.2 Å². The van der Waals surface area contributed by atoms with Crippen molar-refractivity contribution in [2.75, 3.05) is 45.2 Å². The summed E-state index contributed by atoms with van der Waals surface area (Å²) in [6, 6.07) is 7.80. The molecule has 1 aliphatic carbocycles. The molecule has 2 heterocycles. The Morgan fingerprint density at radius 2 is 1.91 bits per heavy atom. The van der Waals surface area contributed by atoms with E-state index in [-0.39, 0.29) is 43.0 Å². The second-order valence-corrected chi connectivity index (χ2v) is 11.2. The second-order valence-electron chi connectivity index (χ2n) is 10.8. The highest BCUT2D eigenvalue weighted by molar-refractivity contribution is 6.25. The van der Waals surface area contributed by atoms with Crippen molar-refractivity contribution in [1.82, 2.24) is 14.7 Å². The van der Waals surface area contributed by atoms with Crippen molar-refractivity contribution in [2.24, 2.45) is 4.99 Å². The minimum absolute atomic E-state index is 0.0718. The third kappa shape index (κ3) is 7.52. The summed E-state index contributed by atoms with van der Waals surface area (Å²) in [5.74, 6) is -3.93. The van der Waals surface area contributed by atoms with Crippen LogP contribution in [0.5, 0.6) is 0 Å². The van der Waals surface area contributed by atoms with Gasteiger partial charge >= 0.3 is 11.5 Å². The molecular weight excluding hydrogens is 625 g/mol. The van der Waals surface area contributed by atoms with Crippen LogP contribution < -0.4 is 4.90 Å². The number of aliphatic imine (C=N–C) groups is 1. The Kier molecular flexibility index (Phi) is 10.4. The highest BCUT2D eigenvalue weighted by atomic mass is 35.5. The molecule has 0 radical (unpaired) electrons. The first-order chi connectivity index (χ1) is 21.8. The van der Waals surface area contributed by atoms with Gasteiger partial charge in [-0.3, -0.25) is 4.79 Å². The van der Waals surface area contributed by atoms with Crippen LogP contribution in [0.15, 0.2) is 99.6 Å². The van der Waals surface area contributed by atoms with E-state index in [1.807, 2.05) is 19.0 Å². The SMILES string of the molecule is C=N/C(=C(C#N)\C=C/C)N1CCN(C2=C(F)C=C3C(=O)C(C(=O)O)=CN(c4ccc(CN(C)C)cc4)C3C=C2OC(F)(F)Cl)CC1. The Morgan fingerprint density at radius 3 is 2.43 bits per heavy atom. The highest BCUT2D eigenvalue weighted by Crippen LogP contribution is 2.39. The van der Waals surface area contributed by atoms with E-state index in [1.165, 1.54) is 9.80 Å². The Morgan fingerprint density at radius 1 is 1.26 bits per heavy atom. The molecule has 2 aliphatic heterocycles. The van der Waals surface area contributed by atoms with Crippen LogP contribution in [0.2, 0.25) is 0 Å². The van der Waals surface area contributed by atoms with Crippen LogP contribution in [0.1, 0.15) is 12.5 Å². The number of piperazine rings is 1. The number of rotatable bonds is 10. The van der Waals surface area contributed by atoms with Crippen molar-refractivity contribution in [3.05, 3.63) is 100 Å². The number of hydrogen-bond acceptors (Lipinski definition) is 9. The lowest BCUT2D eigenvalue weighted by Crippen LogP contribution is -2.46. The molecule has 1 aromatic carbocycles. The fraction of sp³-hybridized carbons (Fsp3) is 0.312. The number of ether oxygens (including phenoxy) is 1. The molecule has 0 spiro atoms. The zero-order valence-corrected chi connectivity index (χ0v) is 26.1. The molecule has 0 saturated carbocycles. The quantitative estimate of drug-likeness (QED) is 0.123. The summed E-state index contributed by atoms with van der Waals surface area (Å²) in [7, 11) is 3.79. The monoisotopic (exact) mass is 656 g/mol. The number of Topliss-reactive ketones (excluding diaryl/α,β-unsaturated/α-hetero) is 1. The third-order valence-corrected chi connectivity index (χ3v) is 7.45. The van der Waals surface area contributed by atoms with Crippen LogP contribution in [-0.2, 0) is 20.9 Å². The zero-order valence-electron chi connectivity index (χ0n) is 25.4. The van der Waals surface area contributed by atoms with E-state index in [0.717, 1.165) is 23.9 Å². The lowest BCUT2D eigenvalue weighted by atomic mass is 9.91. The van der Waals surface area contributed by atoms with E-state index in [2.05, 4.69) is 17.8 Å². The minimum atomic E-state index is -4.25. The van der Waals surface area contributed by atoms with Crippen LogP contribution in [0.3, 0.4) is 0 Å². The molecule has 14 heteroatoms. The molecule has 1 fully saturated rings. The maximum Gasteiger partial charge on any atom is 0.487 e. The first-order valence-electron chi connectivity index (χ1n) is 14.1. The van der Waals surface area contributed by atoms with Crippen LogP contribution in [0.4, 0.5) is 18.9 Å². The normalized spacial score (nSPS) is 19.6. The molecule has 1 atom stereocenters. The lowest BCUT2D eigenvalue weighted by molar-refractivity contribution is -0.140. The predicted octanol–water partition coefficient (Wildman–Crippen LogP) is 4.91. The van der Waals surface area contributed by atoms with E-state index < -0.39 is 40.5 Å². The summed E-state index contributed by atoms with van der Waals surface area (Å²) in [4.78, 5) is 36.0. The zero-order chi connectivity index (χ0) is 33.8. The standard InChI is InChI=1S/C32H32ClF3N6O4/c1-5-6-21(17-37)30(38-2)41-13-11-40(12-14-41)28-25(34)15-23-26(16-27(28)46-32(33,35)36)42(19-24(29(23)43)31(44)45)22-9-7-20(8-10-22)18-39(3)4/h5-10,15-16,19,26H,2,11-14,18H2,1,3-4H3,(H,44,45)/b6-5-,30-21-. The third-order valence-electron chi connectivity index (χ3n) is 7.37. The van der Waals surface area contributed by atoms with Gasteiger partial charge < -0.3 is 29.4 Å². The number of anilines is 1. The van der Waals surface area contributed by atoms with E-state index in [0.29, 0.717) is 18.1 Å². The summed E-state index contributed by atoms with van der Waals surface area (Å²) in [6.45, 7) is 6.46. The molecule has 0 amide bonds.